The van der Waals surface area contributed by atoms with Gasteiger partial charge in [0, 0.05) is 36.6 Å². The summed E-state index contributed by atoms with van der Waals surface area (Å²) < 4.78 is 0. The van der Waals surface area contributed by atoms with Gasteiger partial charge in [-0.15, -0.1) is 0 Å². The summed E-state index contributed by atoms with van der Waals surface area (Å²) >= 11 is 1.95. The first-order chi connectivity index (χ1) is 7.74. The van der Waals surface area contributed by atoms with E-state index in [1.165, 1.54) is 25.0 Å². The van der Waals surface area contributed by atoms with Crippen LogP contribution in [0.4, 0.5) is 0 Å². The van der Waals surface area contributed by atoms with Crippen molar-refractivity contribution in [3.63, 3.8) is 0 Å². The summed E-state index contributed by atoms with van der Waals surface area (Å²) in [7, 11) is 0. The zero-order valence-electron chi connectivity index (χ0n) is 10.00. The molecule has 3 atom stereocenters. The van der Waals surface area contributed by atoms with Crippen LogP contribution in [-0.2, 0) is 4.79 Å². The Hall–Kier alpha value is -0.220. The zero-order valence-corrected chi connectivity index (χ0v) is 10.8. The lowest BCUT2D eigenvalue weighted by atomic mass is 10.1. The Bertz CT molecular complexity index is 232. The molecule has 0 bridgehead atoms. The monoisotopic (exact) mass is 242 g/mol. The Morgan fingerprint density at radius 2 is 2.38 bits per heavy atom. The van der Waals surface area contributed by atoms with E-state index in [-0.39, 0.29) is 5.91 Å². The fourth-order valence-electron chi connectivity index (χ4n) is 2.60. The first-order valence-corrected chi connectivity index (χ1v) is 7.50. The van der Waals surface area contributed by atoms with Gasteiger partial charge in [0.25, 0.3) is 0 Å². The maximum Gasteiger partial charge on any atom is 0.221 e. The van der Waals surface area contributed by atoms with Crippen LogP contribution in [0.25, 0.3) is 0 Å². The molecule has 0 radical (unpaired) electrons. The number of hydrogen-bond acceptors (Lipinski definition) is 3. The molecule has 1 aliphatic carbocycles. The highest BCUT2D eigenvalue weighted by molar-refractivity contribution is 7.99. The van der Waals surface area contributed by atoms with Gasteiger partial charge in [0.05, 0.1) is 0 Å². The largest absolute Gasteiger partial charge is 0.353 e. The van der Waals surface area contributed by atoms with E-state index in [4.69, 9.17) is 0 Å². The maximum atomic E-state index is 11.8. The molecule has 2 N–H and O–H groups in total. The van der Waals surface area contributed by atoms with Crippen molar-refractivity contribution in [2.24, 2.45) is 5.92 Å². The fraction of sp³-hybridized carbons (Fsp3) is 0.917. The standard InChI is InChI=1S/C12H22N2OS/c1-9-2-3-10(6-9)14-12(15)7-11-8-16-5-4-13-11/h9-11,13H,2-8H2,1H3,(H,14,15). The molecule has 1 amide bonds. The topological polar surface area (TPSA) is 41.1 Å². The number of amides is 1. The van der Waals surface area contributed by atoms with Crippen LogP contribution in [-0.4, -0.2) is 36.0 Å². The molecule has 1 saturated heterocycles. The highest BCUT2D eigenvalue weighted by Gasteiger charge is 2.24. The molecule has 1 saturated carbocycles. The van der Waals surface area contributed by atoms with Gasteiger partial charge in [-0.3, -0.25) is 4.79 Å². The summed E-state index contributed by atoms with van der Waals surface area (Å²) in [6.07, 6.45) is 4.25. The molecule has 0 spiro atoms. The van der Waals surface area contributed by atoms with Crippen LogP contribution in [0.5, 0.6) is 0 Å². The van der Waals surface area contributed by atoms with Gasteiger partial charge in [0.1, 0.15) is 0 Å². The number of nitrogens with one attached hydrogen (secondary N) is 2. The minimum absolute atomic E-state index is 0.235. The summed E-state index contributed by atoms with van der Waals surface area (Å²) in [5, 5.41) is 6.57. The number of carbonyl (C=O) groups is 1. The van der Waals surface area contributed by atoms with Gasteiger partial charge in [-0.25, -0.2) is 0 Å². The average molecular weight is 242 g/mol. The number of rotatable bonds is 3. The fourth-order valence-corrected chi connectivity index (χ4v) is 3.55. The second-order valence-corrected chi connectivity index (χ2v) is 6.26. The van der Waals surface area contributed by atoms with E-state index in [2.05, 4.69) is 17.6 Å². The van der Waals surface area contributed by atoms with Gasteiger partial charge in [-0.1, -0.05) is 6.92 Å². The van der Waals surface area contributed by atoms with E-state index in [1.54, 1.807) is 0 Å². The first-order valence-electron chi connectivity index (χ1n) is 6.34. The van der Waals surface area contributed by atoms with Crippen LogP contribution in [0.2, 0.25) is 0 Å². The molecule has 16 heavy (non-hydrogen) atoms. The lowest BCUT2D eigenvalue weighted by molar-refractivity contribution is -0.122. The van der Waals surface area contributed by atoms with Crippen molar-refractivity contribution in [2.75, 3.05) is 18.1 Å². The van der Waals surface area contributed by atoms with Crippen molar-refractivity contribution >= 4 is 17.7 Å². The third-order valence-electron chi connectivity index (χ3n) is 3.49. The molecule has 4 heteroatoms. The summed E-state index contributed by atoms with van der Waals surface area (Å²) in [4.78, 5) is 11.8. The normalized spacial score (nSPS) is 34.9. The summed E-state index contributed by atoms with van der Waals surface area (Å²) in [6.45, 7) is 3.31. The molecule has 92 valence electrons. The highest BCUT2D eigenvalue weighted by atomic mass is 32.2. The second-order valence-electron chi connectivity index (χ2n) is 5.11. The maximum absolute atomic E-state index is 11.8. The molecule has 2 fully saturated rings. The van der Waals surface area contributed by atoms with Gasteiger partial charge < -0.3 is 10.6 Å². The molecule has 0 aromatic rings. The Morgan fingerprint density at radius 1 is 1.50 bits per heavy atom. The van der Waals surface area contributed by atoms with Crippen molar-refractivity contribution < 1.29 is 4.79 Å². The van der Waals surface area contributed by atoms with Crippen molar-refractivity contribution in [3.05, 3.63) is 0 Å². The quantitative estimate of drug-likeness (QED) is 0.786. The molecule has 0 aromatic heterocycles. The van der Waals surface area contributed by atoms with Crippen LogP contribution in [0, 0.1) is 5.92 Å². The third kappa shape index (κ3) is 3.67. The molecule has 2 aliphatic rings. The van der Waals surface area contributed by atoms with E-state index in [0.29, 0.717) is 18.5 Å². The Morgan fingerprint density at radius 3 is 3.00 bits per heavy atom. The number of hydrogen-bond donors (Lipinski definition) is 2. The van der Waals surface area contributed by atoms with Gasteiger partial charge in [0.15, 0.2) is 0 Å². The predicted octanol–water partition coefficient (Wildman–Crippen LogP) is 1.39. The van der Waals surface area contributed by atoms with E-state index < -0.39 is 0 Å². The van der Waals surface area contributed by atoms with Crippen LogP contribution >= 0.6 is 11.8 Å². The average Bonchev–Trinajstić information content (AvgIpc) is 2.65. The lowest BCUT2D eigenvalue weighted by Gasteiger charge is -2.23. The predicted molar refractivity (Wildman–Crippen MR) is 68.7 cm³/mol. The first kappa shape index (κ1) is 12.2. The molecule has 3 nitrogen and oxygen atoms in total. The summed E-state index contributed by atoms with van der Waals surface area (Å²) in [6, 6.07) is 0.830. The molecular formula is C12H22N2OS. The van der Waals surface area contributed by atoms with Gasteiger partial charge in [-0.2, -0.15) is 11.8 Å². The minimum Gasteiger partial charge on any atom is -0.353 e. The Balaban J connectivity index is 1.67. The van der Waals surface area contributed by atoms with Crippen molar-refractivity contribution in [1.82, 2.24) is 10.6 Å². The van der Waals surface area contributed by atoms with Gasteiger partial charge in [-0.05, 0) is 25.2 Å². The van der Waals surface area contributed by atoms with E-state index in [0.717, 1.165) is 18.2 Å². The molecule has 2 rings (SSSR count). The molecule has 0 aromatic carbocycles. The van der Waals surface area contributed by atoms with Gasteiger partial charge >= 0.3 is 0 Å². The Labute approximate surface area is 102 Å². The third-order valence-corrected chi connectivity index (χ3v) is 4.62. The lowest BCUT2D eigenvalue weighted by Crippen LogP contribution is -2.43. The van der Waals surface area contributed by atoms with Crippen molar-refractivity contribution in [2.45, 2.75) is 44.7 Å². The van der Waals surface area contributed by atoms with Crippen LogP contribution in [0.3, 0.4) is 0 Å². The van der Waals surface area contributed by atoms with Crippen LogP contribution in [0.15, 0.2) is 0 Å². The smallest absolute Gasteiger partial charge is 0.221 e. The van der Waals surface area contributed by atoms with Gasteiger partial charge in [0.2, 0.25) is 5.91 Å². The van der Waals surface area contributed by atoms with E-state index in [1.807, 2.05) is 11.8 Å². The Kier molecular flexibility index (Phi) is 4.53. The van der Waals surface area contributed by atoms with Crippen LogP contribution in [0.1, 0.15) is 32.6 Å². The molecule has 3 unspecified atom stereocenters. The van der Waals surface area contributed by atoms with Crippen LogP contribution < -0.4 is 10.6 Å². The summed E-state index contributed by atoms with van der Waals surface area (Å²) in [5.74, 6) is 3.28. The van der Waals surface area contributed by atoms with E-state index >= 15 is 0 Å². The van der Waals surface area contributed by atoms with E-state index in [9.17, 15) is 4.79 Å². The van der Waals surface area contributed by atoms with Crippen molar-refractivity contribution in [3.8, 4) is 0 Å². The summed E-state index contributed by atoms with van der Waals surface area (Å²) in [5.41, 5.74) is 0. The highest BCUT2D eigenvalue weighted by Crippen LogP contribution is 2.24. The SMILES string of the molecule is CC1CCC(NC(=O)CC2CSCCN2)C1. The second kappa shape index (κ2) is 5.92. The van der Waals surface area contributed by atoms with Crippen molar-refractivity contribution in [1.29, 1.82) is 0 Å². The zero-order chi connectivity index (χ0) is 11.4. The molecule has 1 heterocycles. The molecule has 1 aliphatic heterocycles. The number of thioether (sulfide) groups is 1. The molecular weight excluding hydrogens is 220 g/mol. The number of carbonyl (C=O) groups excluding carboxylic acids is 1. The minimum atomic E-state index is 0.235.